The van der Waals surface area contributed by atoms with Crippen LogP contribution in [0.1, 0.15) is 55.3 Å². The summed E-state index contributed by atoms with van der Waals surface area (Å²) in [6, 6.07) is 11.4. The van der Waals surface area contributed by atoms with Crippen LogP contribution in [0, 0.1) is 17.2 Å². The summed E-state index contributed by atoms with van der Waals surface area (Å²) in [7, 11) is 0. The van der Waals surface area contributed by atoms with E-state index in [0.717, 1.165) is 56.2 Å². The lowest BCUT2D eigenvalue weighted by Gasteiger charge is -2.24. The van der Waals surface area contributed by atoms with E-state index in [1.54, 1.807) is 12.1 Å². The van der Waals surface area contributed by atoms with Crippen molar-refractivity contribution >= 4 is 5.84 Å². The number of halogens is 1. The first-order valence-electron chi connectivity index (χ1n) is 10.3. The Morgan fingerprint density at radius 3 is 2.61 bits per heavy atom. The van der Waals surface area contributed by atoms with Crippen molar-refractivity contribution in [3.05, 3.63) is 59.4 Å². The van der Waals surface area contributed by atoms with Crippen LogP contribution in [0.5, 0.6) is 5.75 Å². The zero-order chi connectivity index (χ0) is 19.8. The van der Waals surface area contributed by atoms with E-state index in [9.17, 15) is 4.53 Å². The van der Waals surface area contributed by atoms with Gasteiger partial charge in [-0.15, -0.1) is 0 Å². The monoisotopic (exact) mass is 383 g/mol. The highest BCUT2D eigenvalue weighted by Gasteiger charge is 2.20. The normalized spacial score (nSPS) is 20.2. The molecule has 2 aromatic rings. The van der Waals surface area contributed by atoms with Gasteiger partial charge in [-0.2, -0.15) is 0 Å². The number of nitrogens with one attached hydrogen (secondary N) is 1. The van der Waals surface area contributed by atoms with E-state index >= 15 is 0 Å². The van der Waals surface area contributed by atoms with Crippen molar-refractivity contribution in [3.8, 4) is 5.75 Å². The van der Waals surface area contributed by atoms with Crippen LogP contribution >= 0.6 is 0 Å². The molecule has 0 aliphatic heterocycles. The summed E-state index contributed by atoms with van der Waals surface area (Å²) < 4.78 is 12.4. The topological polar surface area (TPSA) is 72.0 Å². The third-order valence-corrected chi connectivity index (χ3v) is 5.90. The Balaban J connectivity index is 1.59. The highest BCUT2D eigenvalue weighted by Crippen LogP contribution is 2.29. The lowest BCUT2D eigenvalue weighted by atomic mass is 9.82. The third-order valence-electron chi connectivity index (χ3n) is 5.90. The predicted octanol–water partition coefficient (Wildman–Crippen LogP) is 5.20. The highest BCUT2D eigenvalue weighted by molar-refractivity contribution is 5.79. The van der Waals surface area contributed by atoms with Gasteiger partial charge in [0.2, 0.25) is 0 Å². The predicted molar refractivity (Wildman–Crippen MR) is 110 cm³/mol. The number of amidine groups is 1. The average molecular weight is 384 g/mol. The molecule has 1 aromatic carbocycles. The van der Waals surface area contributed by atoms with E-state index in [-0.39, 0.29) is 11.7 Å². The van der Waals surface area contributed by atoms with Crippen LogP contribution in [0.25, 0.3) is 0 Å². The van der Waals surface area contributed by atoms with E-state index in [1.807, 2.05) is 24.4 Å². The van der Waals surface area contributed by atoms with Gasteiger partial charge in [-0.05, 0) is 67.3 Å². The zero-order valence-corrected chi connectivity index (χ0v) is 16.4. The van der Waals surface area contributed by atoms with Gasteiger partial charge in [-0.3, -0.25) is 15.3 Å². The number of aromatic nitrogens is 1. The molecule has 0 spiro atoms. The Labute approximate surface area is 166 Å². The number of benzene rings is 1. The van der Waals surface area contributed by atoms with Crippen LogP contribution in [-0.4, -0.2) is 10.8 Å². The van der Waals surface area contributed by atoms with Gasteiger partial charge >= 0.3 is 0 Å². The minimum absolute atomic E-state index is 0.247. The Morgan fingerprint density at radius 1 is 1.11 bits per heavy atom. The van der Waals surface area contributed by atoms with Crippen LogP contribution in [-0.2, 0) is 19.3 Å². The summed E-state index contributed by atoms with van der Waals surface area (Å²) in [6.07, 6.45) is 11.3. The molecule has 4 nitrogen and oxygen atoms in total. The van der Waals surface area contributed by atoms with E-state index in [1.165, 1.54) is 18.4 Å². The molecule has 5 heteroatoms. The van der Waals surface area contributed by atoms with E-state index in [4.69, 9.17) is 11.1 Å². The van der Waals surface area contributed by atoms with E-state index in [0.29, 0.717) is 11.8 Å². The molecule has 150 valence electrons. The molecule has 1 aliphatic carbocycles. The van der Waals surface area contributed by atoms with Gasteiger partial charge in [0, 0.05) is 22.3 Å². The van der Waals surface area contributed by atoms with Crippen molar-refractivity contribution in [1.82, 2.24) is 4.98 Å². The standard InChI is InChI=1S/C23H30FN3O/c24-28-21-11-3-7-18(16-21)12-13-22-20(10-4-14-27-22)15-17-5-1-8-19(23(25)26)9-2-6-17/h3-4,7,10-11,14,16-17,19H,1-2,5-6,8-9,12-13,15H2,(H3,25,26). The maximum absolute atomic E-state index is 12.4. The summed E-state index contributed by atoms with van der Waals surface area (Å²) in [4.78, 5) is 8.47. The second-order valence-electron chi connectivity index (χ2n) is 7.92. The van der Waals surface area contributed by atoms with Crippen LogP contribution < -0.4 is 10.7 Å². The fourth-order valence-electron chi connectivity index (χ4n) is 4.31. The van der Waals surface area contributed by atoms with E-state index < -0.39 is 0 Å². The summed E-state index contributed by atoms with van der Waals surface area (Å²) in [5, 5.41) is 7.70. The van der Waals surface area contributed by atoms with Gasteiger partial charge in [-0.1, -0.05) is 43.9 Å². The average Bonchev–Trinajstić information content (AvgIpc) is 2.69. The summed E-state index contributed by atoms with van der Waals surface area (Å²) in [5.41, 5.74) is 9.23. The molecule has 28 heavy (non-hydrogen) atoms. The summed E-state index contributed by atoms with van der Waals surface area (Å²) in [5.74, 6) is 1.55. The number of hydrogen-bond acceptors (Lipinski definition) is 3. The fraction of sp³-hybridized carbons (Fsp3) is 0.478. The van der Waals surface area contributed by atoms with Crippen LogP contribution in [0.2, 0.25) is 0 Å². The molecule has 1 fully saturated rings. The lowest BCUT2D eigenvalue weighted by molar-refractivity contribution is -0.00628. The lowest BCUT2D eigenvalue weighted by Crippen LogP contribution is -2.24. The number of hydrogen-bond donors (Lipinski definition) is 2. The number of pyridine rings is 1. The first kappa shape index (κ1) is 20.3. The molecule has 0 bridgehead atoms. The smallest absolute Gasteiger partial charge is 0.172 e. The van der Waals surface area contributed by atoms with Gasteiger partial charge < -0.3 is 5.73 Å². The minimum atomic E-state index is 0.247. The number of aryl methyl sites for hydroxylation is 2. The van der Waals surface area contributed by atoms with Crippen molar-refractivity contribution in [1.29, 1.82) is 5.41 Å². The van der Waals surface area contributed by atoms with Crippen molar-refractivity contribution in [2.45, 2.75) is 57.8 Å². The fourth-order valence-corrected chi connectivity index (χ4v) is 4.31. The third kappa shape index (κ3) is 5.78. The second kappa shape index (κ2) is 10.2. The van der Waals surface area contributed by atoms with Crippen molar-refractivity contribution in [3.63, 3.8) is 0 Å². The SMILES string of the molecule is N=C(N)C1CCCC(Cc2cccnc2CCc2cccc(OF)c2)CCC1. The molecule has 0 amide bonds. The summed E-state index contributed by atoms with van der Waals surface area (Å²) >= 11 is 0. The van der Waals surface area contributed by atoms with Gasteiger partial charge in [0.05, 0.1) is 5.84 Å². The maximum Gasteiger partial charge on any atom is 0.172 e. The minimum Gasteiger partial charge on any atom is -0.387 e. The first-order valence-corrected chi connectivity index (χ1v) is 10.3. The Morgan fingerprint density at radius 2 is 1.89 bits per heavy atom. The van der Waals surface area contributed by atoms with Gasteiger partial charge in [0.25, 0.3) is 0 Å². The molecule has 0 atom stereocenters. The highest BCUT2D eigenvalue weighted by atomic mass is 19.3. The molecule has 0 saturated heterocycles. The maximum atomic E-state index is 12.4. The van der Waals surface area contributed by atoms with Crippen molar-refractivity contribution in [2.75, 3.05) is 0 Å². The summed E-state index contributed by atoms with van der Waals surface area (Å²) in [6.45, 7) is 0. The molecule has 1 heterocycles. The van der Waals surface area contributed by atoms with Crippen LogP contribution in [0.15, 0.2) is 42.6 Å². The quantitative estimate of drug-likeness (QED) is 0.510. The molecular formula is C23H30FN3O. The molecule has 3 rings (SSSR count). The largest absolute Gasteiger partial charge is 0.387 e. The number of rotatable bonds is 7. The molecule has 1 aliphatic rings. The van der Waals surface area contributed by atoms with Gasteiger partial charge in [-0.25, -0.2) is 0 Å². The number of nitrogens with two attached hydrogens (primary N) is 1. The molecule has 1 saturated carbocycles. The van der Waals surface area contributed by atoms with Crippen molar-refractivity contribution in [2.24, 2.45) is 17.6 Å². The Bertz CT molecular complexity index is 770. The number of nitrogens with zero attached hydrogens (tertiary/aromatic N) is 1. The van der Waals surface area contributed by atoms with Crippen LogP contribution in [0.4, 0.5) is 4.53 Å². The Hall–Kier alpha value is -2.43. The Kier molecular flexibility index (Phi) is 7.40. The second-order valence-corrected chi connectivity index (χ2v) is 7.92. The zero-order valence-electron chi connectivity index (χ0n) is 16.4. The molecule has 1 aromatic heterocycles. The molecule has 3 N–H and O–H groups in total. The van der Waals surface area contributed by atoms with Gasteiger partial charge in [0.1, 0.15) is 0 Å². The molecule has 0 unspecified atom stereocenters. The van der Waals surface area contributed by atoms with Crippen LogP contribution in [0.3, 0.4) is 0 Å². The van der Waals surface area contributed by atoms with Gasteiger partial charge in [0.15, 0.2) is 5.75 Å². The molecular weight excluding hydrogens is 353 g/mol. The first-order chi connectivity index (χ1) is 13.7. The van der Waals surface area contributed by atoms with E-state index in [2.05, 4.69) is 16.0 Å². The molecule has 0 radical (unpaired) electrons. The van der Waals surface area contributed by atoms with Crippen molar-refractivity contribution < 1.29 is 9.47 Å².